The number of halogens is 1. The molecule has 3 aromatic carbocycles. The second-order valence-corrected chi connectivity index (χ2v) is 6.22. The molecule has 0 aromatic heterocycles. The second-order valence-electron chi connectivity index (χ2n) is 5.30. The summed E-state index contributed by atoms with van der Waals surface area (Å²) in [4.78, 5) is 0. The zero-order chi connectivity index (χ0) is 15.4. The highest BCUT2D eigenvalue weighted by Gasteiger charge is 2.35. The van der Waals surface area contributed by atoms with E-state index in [-0.39, 0.29) is 6.61 Å². The maximum absolute atomic E-state index is 10.4. The molecule has 3 aromatic rings. The molecular weight excluding hydrogens is 336 g/mol. The summed E-state index contributed by atoms with van der Waals surface area (Å²) < 4.78 is 1.03. The quantitative estimate of drug-likeness (QED) is 0.670. The van der Waals surface area contributed by atoms with Gasteiger partial charge in [0.2, 0.25) is 0 Å². The van der Waals surface area contributed by atoms with Gasteiger partial charge in [0.1, 0.15) is 0 Å². The highest BCUT2D eigenvalue weighted by molar-refractivity contribution is 9.10. The Kier molecular flexibility index (Phi) is 4.41. The Morgan fingerprint density at radius 3 is 1.45 bits per heavy atom. The summed E-state index contributed by atoms with van der Waals surface area (Å²) in [7, 11) is 0. The maximum Gasteiger partial charge on any atom is 0.0682 e. The van der Waals surface area contributed by atoms with Crippen molar-refractivity contribution in [1.82, 2.24) is 0 Å². The third-order valence-corrected chi connectivity index (χ3v) is 4.64. The van der Waals surface area contributed by atoms with Crippen LogP contribution >= 0.6 is 15.9 Å². The van der Waals surface area contributed by atoms with Crippen LogP contribution in [-0.4, -0.2) is 11.7 Å². The summed E-state index contributed by atoms with van der Waals surface area (Å²) in [6.07, 6.45) is 0. The first-order valence-electron chi connectivity index (χ1n) is 7.25. The van der Waals surface area contributed by atoms with Crippen molar-refractivity contribution in [1.29, 1.82) is 0 Å². The van der Waals surface area contributed by atoms with Crippen molar-refractivity contribution >= 4 is 15.9 Å². The molecule has 0 radical (unpaired) electrons. The Bertz CT molecular complexity index is 681. The molecule has 0 spiro atoms. The summed E-state index contributed by atoms with van der Waals surface area (Å²) in [5, 5.41) is 10.4. The van der Waals surface area contributed by atoms with Gasteiger partial charge in [-0.05, 0) is 28.8 Å². The molecular formula is C20H17BrO. The summed E-state index contributed by atoms with van der Waals surface area (Å²) >= 11 is 3.48. The lowest BCUT2D eigenvalue weighted by atomic mass is 9.70. The number of hydrogen-bond donors (Lipinski definition) is 1. The topological polar surface area (TPSA) is 20.2 Å². The molecule has 0 bridgehead atoms. The molecule has 0 aliphatic heterocycles. The smallest absolute Gasteiger partial charge is 0.0682 e. The SMILES string of the molecule is OCC(c1ccccc1)(c1ccccc1)c1ccc(Br)cc1. The van der Waals surface area contributed by atoms with E-state index in [9.17, 15) is 5.11 Å². The van der Waals surface area contributed by atoms with E-state index in [0.717, 1.165) is 21.2 Å². The fraction of sp³-hybridized carbons (Fsp3) is 0.100. The van der Waals surface area contributed by atoms with Gasteiger partial charge in [-0.2, -0.15) is 0 Å². The van der Waals surface area contributed by atoms with Gasteiger partial charge in [0.15, 0.2) is 0 Å². The first-order valence-corrected chi connectivity index (χ1v) is 8.04. The minimum Gasteiger partial charge on any atom is -0.395 e. The van der Waals surface area contributed by atoms with E-state index in [0.29, 0.717) is 0 Å². The number of aliphatic hydroxyl groups is 1. The Labute approximate surface area is 139 Å². The van der Waals surface area contributed by atoms with Crippen LogP contribution in [0.25, 0.3) is 0 Å². The first-order chi connectivity index (χ1) is 10.8. The van der Waals surface area contributed by atoms with Crippen LogP contribution in [0.15, 0.2) is 89.4 Å². The van der Waals surface area contributed by atoms with Crippen LogP contribution in [0.2, 0.25) is 0 Å². The lowest BCUT2D eigenvalue weighted by Gasteiger charge is -2.34. The van der Waals surface area contributed by atoms with Gasteiger partial charge in [-0.15, -0.1) is 0 Å². The molecule has 0 saturated carbocycles. The zero-order valence-corrected chi connectivity index (χ0v) is 13.7. The lowest BCUT2D eigenvalue weighted by Crippen LogP contribution is -2.33. The molecule has 3 rings (SSSR count). The van der Waals surface area contributed by atoms with Crippen molar-refractivity contribution in [2.45, 2.75) is 5.41 Å². The lowest BCUT2D eigenvalue weighted by molar-refractivity contribution is 0.243. The van der Waals surface area contributed by atoms with E-state index < -0.39 is 5.41 Å². The predicted molar refractivity (Wildman–Crippen MR) is 94.0 cm³/mol. The maximum atomic E-state index is 10.4. The van der Waals surface area contributed by atoms with E-state index in [2.05, 4.69) is 52.3 Å². The summed E-state index contributed by atoms with van der Waals surface area (Å²) in [5.74, 6) is 0. The highest BCUT2D eigenvalue weighted by Crippen LogP contribution is 2.39. The third kappa shape index (κ3) is 2.60. The number of rotatable bonds is 4. The van der Waals surface area contributed by atoms with Gasteiger partial charge in [-0.25, -0.2) is 0 Å². The molecule has 22 heavy (non-hydrogen) atoms. The van der Waals surface area contributed by atoms with E-state index >= 15 is 0 Å². The average Bonchev–Trinajstić information content (AvgIpc) is 2.59. The predicted octanol–water partition coefficient (Wildman–Crippen LogP) is 4.78. The molecule has 0 amide bonds. The van der Waals surface area contributed by atoms with Crippen molar-refractivity contribution in [3.05, 3.63) is 106 Å². The number of benzene rings is 3. The van der Waals surface area contributed by atoms with Gasteiger partial charge < -0.3 is 5.11 Å². The Hall–Kier alpha value is -1.90. The molecule has 1 nitrogen and oxygen atoms in total. The van der Waals surface area contributed by atoms with Gasteiger partial charge in [-0.3, -0.25) is 0 Å². The van der Waals surface area contributed by atoms with E-state index in [1.54, 1.807) is 0 Å². The van der Waals surface area contributed by atoms with Crippen LogP contribution in [0, 0.1) is 0 Å². The van der Waals surface area contributed by atoms with Crippen molar-refractivity contribution in [3.8, 4) is 0 Å². The largest absolute Gasteiger partial charge is 0.395 e. The van der Waals surface area contributed by atoms with E-state index in [4.69, 9.17) is 0 Å². The van der Waals surface area contributed by atoms with Crippen LogP contribution in [0.5, 0.6) is 0 Å². The van der Waals surface area contributed by atoms with Gasteiger partial charge >= 0.3 is 0 Å². The molecule has 0 fully saturated rings. The van der Waals surface area contributed by atoms with Crippen molar-refractivity contribution in [2.75, 3.05) is 6.61 Å². The Morgan fingerprint density at radius 2 is 1.05 bits per heavy atom. The van der Waals surface area contributed by atoms with Crippen LogP contribution in [-0.2, 0) is 5.41 Å². The number of aliphatic hydroxyl groups excluding tert-OH is 1. The van der Waals surface area contributed by atoms with Gasteiger partial charge in [-0.1, -0.05) is 88.7 Å². The van der Waals surface area contributed by atoms with Gasteiger partial charge in [0.05, 0.1) is 12.0 Å². The summed E-state index contributed by atoms with van der Waals surface area (Å²) in [6.45, 7) is 0.0165. The molecule has 2 heteroatoms. The normalized spacial score (nSPS) is 11.4. The van der Waals surface area contributed by atoms with Crippen LogP contribution < -0.4 is 0 Å². The van der Waals surface area contributed by atoms with E-state index in [1.165, 1.54) is 0 Å². The minimum atomic E-state index is -0.552. The summed E-state index contributed by atoms with van der Waals surface area (Å²) in [6, 6.07) is 28.5. The van der Waals surface area contributed by atoms with Crippen LogP contribution in [0.4, 0.5) is 0 Å². The van der Waals surface area contributed by atoms with Gasteiger partial charge in [0, 0.05) is 4.47 Å². The molecule has 0 unspecified atom stereocenters. The molecule has 0 heterocycles. The van der Waals surface area contributed by atoms with Gasteiger partial charge in [0.25, 0.3) is 0 Å². The number of hydrogen-bond acceptors (Lipinski definition) is 1. The standard InChI is InChI=1S/C20H17BrO/c21-19-13-11-18(12-14-19)20(15-22,16-7-3-1-4-8-16)17-9-5-2-6-10-17/h1-14,22H,15H2. The fourth-order valence-electron chi connectivity index (χ4n) is 2.95. The average molecular weight is 353 g/mol. The zero-order valence-electron chi connectivity index (χ0n) is 12.1. The van der Waals surface area contributed by atoms with E-state index in [1.807, 2.05) is 48.5 Å². The second kappa shape index (κ2) is 6.47. The Morgan fingerprint density at radius 1 is 0.636 bits per heavy atom. The van der Waals surface area contributed by atoms with Crippen molar-refractivity contribution in [3.63, 3.8) is 0 Å². The molecule has 0 aliphatic carbocycles. The van der Waals surface area contributed by atoms with Crippen molar-refractivity contribution in [2.24, 2.45) is 0 Å². The fourth-order valence-corrected chi connectivity index (χ4v) is 3.22. The molecule has 0 aliphatic rings. The molecule has 110 valence electrons. The van der Waals surface area contributed by atoms with Crippen molar-refractivity contribution < 1.29 is 5.11 Å². The highest BCUT2D eigenvalue weighted by atomic mass is 79.9. The monoisotopic (exact) mass is 352 g/mol. The molecule has 0 saturated heterocycles. The molecule has 1 N–H and O–H groups in total. The van der Waals surface area contributed by atoms with Crippen LogP contribution in [0.1, 0.15) is 16.7 Å². The first kappa shape index (κ1) is 15.0. The summed E-state index contributed by atoms with van der Waals surface area (Å²) in [5.41, 5.74) is 2.70. The third-order valence-electron chi connectivity index (χ3n) is 4.11. The molecule has 0 atom stereocenters. The minimum absolute atomic E-state index is 0.0165. The Balaban J connectivity index is 2.28. The van der Waals surface area contributed by atoms with Crippen LogP contribution in [0.3, 0.4) is 0 Å².